The van der Waals surface area contributed by atoms with Gasteiger partial charge in [-0.25, -0.2) is 9.97 Å². The number of aromatic nitrogens is 6. The van der Waals surface area contributed by atoms with Gasteiger partial charge in [0.25, 0.3) is 0 Å². The molecule has 0 atom stereocenters. The van der Waals surface area contributed by atoms with Gasteiger partial charge in [0.05, 0.1) is 16.8 Å². The van der Waals surface area contributed by atoms with E-state index < -0.39 is 5.41 Å². The molecule has 0 N–H and O–H groups in total. The fourth-order valence-corrected chi connectivity index (χ4v) is 3.46. The third-order valence-corrected chi connectivity index (χ3v) is 5.34. The molecular formula is C23H16N6O2Pt. The molecule has 0 aliphatic rings. The van der Waals surface area contributed by atoms with Crippen LogP contribution in [0.4, 0.5) is 0 Å². The molecule has 8 nitrogen and oxygen atoms in total. The van der Waals surface area contributed by atoms with Crippen LogP contribution in [0.3, 0.4) is 0 Å². The van der Waals surface area contributed by atoms with Crippen molar-refractivity contribution in [2.45, 2.75) is 19.3 Å². The number of fused-ring (bicyclic) bond motifs is 2. The minimum absolute atomic E-state index is 0. The van der Waals surface area contributed by atoms with Crippen LogP contribution in [0, 0.1) is 0 Å². The van der Waals surface area contributed by atoms with Crippen molar-refractivity contribution in [1.29, 1.82) is 0 Å². The zero-order chi connectivity index (χ0) is 21.0. The Bertz CT molecular complexity index is 1360. The molecule has 0 aliphatic carbocycles. The van der Waals surface area contributed by atoms with Crippen molar-refractivity contribution in [2.24, 2.45) is 0 Å². The first-order chi connectivity index (χ1) is 15.1. The number of rotatable bonds is 4. The molecule has 0 amide bonds. The summed E-state index contributed by atoms with van der Waals surface area (Å²) in [7, 11) is 0. The van der Waals surface area contributed by atoms with Gasteiger partial charge in [-0.1, -0.05) is 48.5 Å². The molecule has 0 spiro atoms. The summed E-state index contributed by atoms with van der Waals surface area (Å²) in [6.45, 7) is 4.00. The SMILES string of the molecule is CC(C)(c1coc(-c2nc3ccccc3[n-]2)n1)c1coc(-c2nc3ccccc3[n-]2)n1.[Pt+2]. The molecule has 0 aliphatic heterocycles. The van der Waals surface area contributed by atoms with Crippen LogP contribution < -0.4 is 9.97 Å². The Labute approximate surface area is 196 Å². The van der Waals surface area contributed by atoms with Gasteiger partial charge in [-0.3, -0.25) is 0 Å². The summed E-state index contributed by atoms with van der Waals surface area (Å²) in [5, 5.41) is 0. The summed E-state index contributed by atoms with van der Waals surface area (Å²) in [5.74, 6) is 1.66. The molecule has 2 aromatic carbocycles. The first kappa shape index (κ1) is 20.4. The van der Waals surface area contributed by atoms with E-state index in [9.17, 15) is 0 Å². The Hall–Kier alpha value is -3.51. The van der Waals surface area contributed by atoms with E-state index in [1.165, 1.54) is 0 Å². The summed E-state index contributed by atoms with van der Waals surface area (Å²) < 4.78 is 11.4. The van der Waals surface area contributed by atoms with E-state index in [1.54, 1.807) is 12.5 Å². The topological polar surface area (TPSA) is 106 Å². The molecule has 0 unspecified atom stereocenters. The summed E-state index contributed by atoms with van der Waals surface area (Å²) in [6, 6.07) is 15.3. The van der Waals surface area contributed by atoms with E-state index in [4.69, 9.17) is 8.83 Å². The molecular weight excluding hydrogens is 587 g/mol. The molecule has 0 saturated heterocycles. The van der Waals surface area contributed by atoms with Crippen molar-refractivity contribution in [2.75, 3.05) is 0 Å². The van der Waals surface area contributed by atoms with E-state index in [2.05, 4.69) is 29.9 Å². The van der Waals surface area contributed by atoms with Crippen molar-refractivity contribution in [3.8, 4) is 23.4 Å². The predicted molar refractivity (Wildman–Crippen MR) is 113 cm³/mol. The summed E-state index contributed by atoms with van der Waals surface area (Å²) in [4.78, 5) is 27.3. The smallest absolute Gasteiger partial charge is 0.445 e. The second-order valence-corrected chi connectivity index (χ2v) is 7.77. The Balaban J connectivity index is 0.00000216. The number of oxazole rings is 2. The van der Waals surface area contributed by atoms with Crippen LogP contribution in [0.2, 0.25) is 0 Å². The Morgan fingerprint density at radius 2 is 1.09 bits per heavy atom. The van der Waals surface area contributed by atoms with E-state index in [-0.39, 0.29) is 21.1 Å². The van der Waals surface area contributed by atoms with Gasteiger partial charge in [-0.2, -0.15) is 0 Å². The molecule has 4 aromatic heterocycles. The summed E-state index contributed by atoms with van der Waals surface area (Å²) in [5.41, 5.74) is 4.05. The largest absolute Gasteiger partial charge is 2.00 e. The Morgan fingerprint density at radius 3 is 1.53 bits per heavy atom. The average molecular weight is 603 g/mol. The van der Waals surface area contributed by atoms with Crippen molar-refractivity contribution in [1.82, 2.24) is 29.9 Å². The van der Waals surface area contributed by atoms with Crippen LogP contribution in [0.1, 0.15) is 25.2 Å². The van der Waals surface area contributed by atoms with Gasteiger partial charge in [0.15, 0.2) is 0 Å². The van der Waals surface area contributed by atoms with E-state index >= 15 is 0 Å². The minimum Gasteiger partial charge on any atom is -0.445 e. The van der Waals surface area contributed by atoms with Crippen LogP contribution >= 0.6 is 0 Å². The first-order valence-electron chi connectivity index (χ1n) is 9.79. The van der Waals surface area contributed by atoms with Gasteiger partial charge in [0.2, 0.25) is 11.8 Å². The van der Waals surface area contributed by atoms with E-state index in [1.807, 2.05) is 62.4 Å². The molecule has 0 bridgehead atoms. The van der Waals surface area contributed by atoms with Gasteiger partial charge in [0.1, 0.15) is 12.5 Å². The van der Waals surface area contributed by atoms with Crippen molar-refractivity contribution in [3.63, 3.8) is 0 Å². The van der Waals surface area contributed by atoms with Crippen LogP contribution in [0.25, 0.3) is 45.5 Å². The molecule has 0 radical (unpaired) electrons. The van der Waals surface area contributed by atoms with Crippen molar-refractivity contribution >= 4 is 22.1 Å². The van der Waals surface area contributed by atoms with Crippen LogP contribution in [0.15, 0.2) is 69.9 Å². The molecule has 9 heteroatoms. The van der Waals surface area contributed by atoms with Crippen LogP contribution in [-0.4, -0.2) is 19.9 Å². The zero-order valence-corrected chi connectivity index (χ0v) is 19.4. The quantitative estimate of drug-likeness (QED) is 0.293. The van der Waals surface area contributed by atoms with E-state index in [0.717, 1.165) is 22.1 Å². The van der Waals surface area contributed by atoms with Gasteiger partial charge >= 0.3 is 21.1 Å². The molecule has 0 fully saturated rings. The number of benzene rings is 2. The van der Waals surface area contributed by atoms with Gasteiger partial charge in [-0.15, -0.1) is 0 Å². The summed E-state index contributed by atoms with van der Waals surface area (Å²) >= 11 is 0. The third-order valence-electron chi connectivity index (χ3n) is 5.34. The maximum absolute atomic E-state index is 5.70. The standard InChI is InChI=1S/C23H16N6O2.Pt/c1-23(2,17-11-30-21(28-17)19-24-13-7-3-4-8-14(13)25-19)18-12-31-22(29-18)20-26-15-9-5-6-10-16(15)27-20;/h3-12H,1-2H3;/q-2;+2. The molecule has 160 valence electrons. The maximum Gasteiger partial charge on any atom is 2.00 e. The fourth-order valence-electron chi connectivity index (χ4n) is 3.46. The van der Waals surface area contributed by atoms with E-state index in [0.29, 0.717) is 34.8 Å². The van der Waals surface area contributed by atoms with Gasteiger partial charge in [0, 0.05) is 11.6 Å². The molecule has 6 rings (SSSR count). The fraction of sp³-hybridized carbons (Fsp3) is 0.130. The minimum atomic E-state index is -0.568. The second-order valence-electron chi connectivity index (χ2n) is 7.77. The normalized spacial score (nSPS) is 11.8. The molecule has 4 heterocycles. The third kappa shape index (κ3) is 3.27. The summed E-state index contributed by atoms with van der Waals surface area (Å²) in [6.07, 6.45) is 3.22. The maximum atomic E-state index is 5.70. The Morgan fingerprint density at radius 1 is 0.656 bits per heavy atom. The number of hydrogen-bond acceptors (Lipinski definition) is 6. The van der Waals surface area contributed by atoms with Crippen molar-refractivity contribution < 1.29 is 29.9 Å². The van der Waals surface area contributed by atoms with Crippen LogP contribution in [-0.2, 0) is 26.5 Å². The monoisotopic (exact) mass is 603 g/mol. The number of hydrogen-bond donors (Lipinski definition) is 0. The van der Waals surface area contributed by atoms with Gasteiger partial charge < -0.3 is 28.8 Å². The van der Waals surface area contributed by atoms with Crippen molar-refractivity contribution in [3.05, 3.63) is 72.4 Å². The number of para-hydroxylation sites is 4. The van der Waals surface area contributed by atoms with Gasteiger partial charge in [-0.05, 0) is 35.9 Å². The zero-order valence-electron chi connectivity index (χ0n) is 17.1. The first-order valence-corrected chi connectivity index (χ1v) is 9.79. The molecule has 0 saturated carbocycles. The average Bonchev–Trinajstić information content (AvgIpc) is 3.57. The molecule has 32 heavy (non-hydrogen) atoms. The molecule has 6 aromatic rings. The van der Waals surface area contributed by atoms with Crippen LogP contribution in [0.5, 0.6) is 0 Å². The predicted octanol–water partition coefficient (Wildman–Crippen LogP) is 4.33. The second kappa shape index (κ2) is 7.57. The number of imidazole rings is 2. The number of nitrogens with zero attached hydrogens (tertiary/aromatic N) is 6. The Kier molecular flexibility index (Phi) is 4.82.